The monoisotopic (exact) mass is 481 g/mol. The second kappa shape index (κ2) is 13.4. The average molecular weight is 482 g/mol. The summed E-state index contributed by atoms with van der Waals surface area (Å²) in [5.41, 5.74) is 10.4. The van der Waals surface area contributed by atoms with Crippen LogP contribution in [0.5, 0.6) is 0 Å². The number of aliphatic hydroxyl groups is 2. The Morgan fingerprint density at radius 2 is 1.71 bits per heavy atom. The SMILES string of the molecule is COCCC(O)C[C@@H]1[C@H](O[C@@H](c2ccccc2)[C@@H](O)c2ccccc2)[C@@H](C)CC(=O)[C@H]1CN=[N+]=[N-]. The molecule has 0 radical (unpaired) electrons. The van der Waals surface area contributed by atoms with Crippen LogP contribution in [0.4, 0.5) is 0 Å². The lowest BCUT2D eigenvalue weighted by Gasteiger charge is -2.43. The molecule has 0 saturated heterocycles. The van der Waals surface area contributed by atoms with Crippen molar-refractivity contribution in [2.24, 2.45) is 22.9 Å². The van der Waals surface area contributed by atoms with Crippen LogP contribution in [0.25, 0.3) is 10.4 Å². The molecule has 1 aliphatic carbocycles. The van der Waals surface area contributed by atoms with Crippen LogP contribution in [0.15, 0.2) is 65.8 Å². The molecule has 0 bridgehead atoms. The zero-order valence-corrected chi connectivity index (χ0v) is 20.3. The first-order valence-corrected chi connectivity index (χ1v) is 12.1. The van der Waals surface area contributed by atoms with E-state index in [1.54, 1.807) is 7.11 Å². The van der Waals surface area contributed by atoms with E-state index in [9.17, 15) is 15.0 Å². The van der Waals surface area contributed by atoms with Gasteiger partial charge in [-0.3, -0.25) is 4.79 Å². The molecule has 2 N–H and O–H groups in total. The van der Waals surface area contributed by atoms with Gasteiger partial charge in [-0.05, 0) is 41.3 Å². The number of aliphatic hydroxyl groups excluding tert-OH is 2. The molecule has 0 spiro atoms. The number of hydrogen-bond donors (Lipinski definition) is 2. The number of nitrogens with zero attached hydrogens (tertiary/aromatic N) is 3. The van der Waals surface area contributed by atoms with Crippen molar-refractivity contribution in [1.29, 1.82) is 0 Å². The standard InChI is InChI=1S/C27H35N3O5/c1-18-15-24(32)23(17-29-30-28)22(16-21(31)13-14-34-2)26(18)35-27(20-11-7-4-8-12-20)25(33)19-9-5-3-6-10-19/h3-12,18,21-23,25-27,31,33H,13-17H2,1-2H3/t18-,21?,22-,23-,25-,26+,27-/m0/s1. The van der Waals surface area contributed by atoms with Gasteiger partial charge in [-0.1, -0.05) is 72.7 Å². The number of ketones is 1. The summed E-state index contributed by atoms with van der Waals surface area (Å²) in [5, 5.41) is 25.8. The molecule has 188 valence electrons. The Labute approximate surface area is 206 Å². The third kappa shape index (κ3) is 7.13. The number of benzene rings is 2. The second-order valence-electron chi connectivity index (χ2n) is 9.29. The van der Waals surface area contributed by atoms with Gasteiger partial charge in [0, 0.05) is 37.5 Å². The summed E-state index contributed by atoms with van der Waals surface area (Å²) < 4.78 is 11.8. The Morgan fingerprint density at radius 3 is 2.31 bits per heavy atom. The first kappa shape index (κ1) is 26.9. The summed E-state index contributed by atoms with van der Waals surface area (Å²) >= 11 is 0. The minimum Gasteiger partial charge on any atom is -0.393 e. The number of ether oxygens (including phenoxy) is 2. The van der Waals surface area contributed by atoms with E-state index in [-0.39, 0.29) is 30.6 Å². The first-order chi connectivity index (χ1) is 17.0. The van der Waals surface area contributed by atoms with Crippen LogP contribution < -0.4 is 0 Å². The molecule has 7 atom stereocenters. The summed E-state index contributed by atoms with van der Waals surface area (Å²) in [6.07, 6.45) is -1.75. The molecule has 1 saturated carbocycles. The molecular formula is C27H35N3O5. The van der Waals surface area contributed by atoms with Crippen LogP contribution in [-0.2, 0) is 14.3 Å². The average Bonchev–Trinajstić information content (AvgIpc) is 2.87. The van der Waals surface area contributed by atoms with Crippen LogP contribution >= 0.6 is 0 Å². The number of hydrogen-bond acceptors (Lipinski definition) is 6. The highest BCUT2D eigenvalue weighted by atomic mass is 16.5. The molecule has 1 unspecified atom stereocenters. The van der Waals surface area contributed by atoms with Crippen molar-refractivity contribution in [1.82, 2.24) is 0 Å². The molecule has 35 heavy (non-hydrogen) atoms. The molecule has 2 aromatic rings. The highest BCUT2D eigenvalue weighted by Crippen LogP contribution is 2.42. The smallest absolute Gasteiger partial charge is 0.136 e. The quantitative estimate of drug-likeness (QED) is 0.256. The van der Waals surface area contributed by atoms with E-state index < -0.39 is 30.3 Å². The minimum atomic E-state index is -0.932. The van der Waals surface area contributed by atoms with Crippen LogP contribution in [0.1, 0.15) is 49.5 Å². The zero-order valence-electron chi connectivity index (χ0n) is 20.3. The molecule has 1 aliphatic rings. The van der Waals surface area contributed by atoms with E-state index in [0.717, 1.165) is 11.1 Å². The lowest BCUT2D eigenvalue weighted by Crippen LogP contribution is -2.48. The maximum atomic E-state index is 13.0. The summed E-state index contributed by atoms with van der Waals surface area (Å²) in [6.45, 7) is 2.36. The van der Waals surface area contributed by atoms with E-state index in [1.165, 1.54) is 0 Å². The highest BCUT2D eigenvalue weighted by molar-refractivity contribution is 5.82. The molecule has 1 fully saturated rings. The topological polar surface area (TPSA) is 125 Å². The molecule has 2 aromatic carbocycles. The second-order valence-corrected chi connectivity index (χ2v) is 9.29. The molecule has 0 aliphatic heterocycles. The van der Waals surface area contributed by atoms with Crippen molar-refractivity contribution >= 4 is 5.78 Å². The van der Waals surface area contributed by atoms with Crippen molar-refractivity contribution in [2.45, 2.75) is 50.6 Å². The third-order valence-electron chi connectivity index (χ3n) is 6.84. The van der Waals surface area contributed by atoms with Crippen LogP contribution in [0.2, 0.25) is 0 Å². The zero-order chi connectivity index (χ0) is 25.2. The summed E-state index contributed by atoms with van der Waals surface area (Å²) in [5.74, 6) is -1.07. The van der Waals surface area contributed by atoms with Gasteiger partial charge in [0.15, 0.2) is 0 Å². The van der Waals surface area contributed by atoms with Crippen molar-refractivity contribution in [2.75, 3.05) is 20.3 Å². The van der Waals surface area contributed by atoms with Crippen LogP contribution in [0, 0.1) is 17.8 Å². The molecule has 0 heterocycles. The van der Waals surface area contributed by atoms with Crippen molar-refractivity contribution in [3.63, 3.8) is 0 Å². The Balaban J connectivity index is 1.96. The number of carbonyl (C=O) groups excluding carboxylic acids is 1. The van der Waals surface area contributed by atoms with E-state index >= 15 is 0 Å². The van der Waals surface area contributed by atoms with E-state index in [0.29, 0.717) is 19.4 Å². The fourth-order valence-electron chi connectivity index (χ4n) is 5.03. The van der Waals surface area contributed by atoms with Gasteiger partial charge in [-0.25, -0.2) is 0 Å². The number of azide groups is 1. The fourth-order valence-corrected chi connectivity index (χ4v) is 5.03. The largest absolute Gasteiger partial charge is 0.393 e. The van der Waals surface area contributed by atoms with Crippen molar-refractivity contribution < 1.29 is 24.5 Å². The maximum Gasteiger partial charge on any atom is 0.136 e. The predicted molar refractivity (Wildman–Crippen MR) is 132 cm³/mol. The molecular weight excluding hydrogens is 446 g/mol. The van der Waals surface area contributed by atoms with Crippen molar-refractivity contribution in [3.05, 3.63) is 82.2 Å². The van der Waals surface area contributed by atoms with Gasteiger partial charge in [-0.15, -0.1) is 0 Å². The van der Waals surface area contributed by atoms with E-state index in [4.69, 9.17) is 15.0 Å². The molecule has 8 nitrogen and oxygen atoms in total. The lowest BCUT2D eigenvalue weighted by molar-refractivity contribution is -0.159. The minimum absolute atomic E-state index is 0.00793. The molecule has 3 rings (SSSR count). The van der Waals surface area contributed by atoms with E-state index in [1.807, 2.05) is 67.6 Å². The van der Waals surface area contributed by atoms with Gasteiger partial charge in [0.1, 0.15) is 18.0 Å². The first-order valence-electron chi connectivity index (χ1n) is 12.1. The normalized spacial score (nSPS) is 24.9. The van der Waals surface area contributed by atoms with Gasteiger partial charge >= 0.3 is 0 Å². The van der Waals surface area contributed by atoms with Gasteiger partial charge in [0.25, 0.3) is 0 Å². The fraction of sp³-hybridized carbons (Fsp3) is 0.519. The number of methoxy groups -OCH3 is 1. The number of rotatable bonds is 12. The van der Waals surface area contributed by atoms with Gasteiger partial charge in [0.05, 0.1) is 12.2 Å². The Kier molecular flexibility index (Phi) is 10.3. The van der Waals surface area contributed by atoms with Gasteiger partial charge in [-0.2, -0.15) is 0 Å². The van der Waals surface area contributed by atoms with Gasteiger partial charge in [0.2, 0.25) is 0 Å². The molecule has 8 heteroatoms. The van der Waals surface area contributed by atoms with Crippen LogP contribution in [-0.4, -0.2) is 48.5 Å². The summed E-state index contributed by atoms with van der Waals surface area (Å²) in [6, 6.07) is 18.9. The maximum absolute atomic E-state index is 13.0. The molecule has 0 amide bonds. The number of carbonyl (C=O) groups is 1. The lowest BCUT2D eigenvalue weighted by atomic mass is 9.69. The summed E-state index contributed by atoms with van der Waals surface area (Å²) in [7, 11) is 1.57. The highest BCUT2D eigenvalue weighted by Gasteiger charge is 2.45. The van der Waals surface area contributed by atoms with E-state index in [2.05, 4.69) is 10.0 Å². The number of Topliss-reactive ketones (excluding diaryl/α,β-unsaturated/α-hetero) is 1. The summed E-state index contributed by atoms with van der Waals surface area (Å²) in [4.78, 5) is 15.8. The van der Waals surface area contributed by atoms with Crippen LogP contribution in [0.3, 0.4) is 0 Å². The Morgan fingerprint density at radius 1 is 1.09 bits per heavy atom. The third-order valence-corrected chi connectivity index (χ3v) is 6.84. The Hall–Kier alpha value is -2.74. The molecule has 0 aromatic heterocycles. The van der Waals surface area contributed by atoms with Crippen molar-refractivity contribution in [3.8, 4) is 0 Å². The van der Waals surface area contributed by atoms with Gasteiger partial charge < -0.3 is 19.7 Å². The predicted octanol–water partition coefficient (Wildman–Crippen LogP) is 4.79. The Bertz CT molecular complexity index is 967.